The summed E-state index contributed by atoms with van der Waals surface area (Å²) >= 11 is 0. The maximum absolute atomic E-state index is 11.8. The summed E-state index contributed by atoms with van der Waals surface area (Å²) in [6.45, 7) is 5.49. The van der Waals surface area contributed by atoms with Gasteiger partial charge in [-0.3, -0.25) is 0 Å². The molecule has 0 aliphatic carbocycles. The molecule has 1 aromatic carbocycles. The predicted molar refractivity (Wildman–Crippen MR) is 77.5 cm³/mol. The van der Waals surface area contributed by atoms with Crippen LogP contribution in [0.4, 0.5) is 4.79 Å². The number of hydrogen-bond acceptors (Lipinski definition) is 3. The molecule has 0 amide bonds. The van der Waals surface area contributed by atoms with Gasteiger partial charge in [-0.2, -0.15) is 9.78 Å². The summed E-state index contributed by atoms with van der Waals surface area (Å²) in [5.41, 5.74) is 2.60. The largest absolute Gasteiger partial charge is 0.442 e. The van der Waals surface area contributed by atoms with Gasteiger partial charge in [0.15, 0.2) is 0 Å². The number of rotatable bonds is 1. The molecule has 0 saturated carbocycles. The minimum atomic E-state index is -0.521. The third-order valence-corrected chi connectivity index (χ3v) is 2.55. The van der Waals surface area contributed by atoms with E-state index in [0.29, 0.717) is 0 Å². The zero-order valence-electron chi connectivity index (χ0n) is 11.7. The molecule has 1 heterocycles. The molecule has 2 aromatic rings. The van der Waals surface area contributed by atoms with Crippen LogP contribution in [-0.2, 0) is 4.74 Å². The molecule has 4 nitrogen and oxygen atoms in total. The van der Waals surface area contributed by atoms with E-state index in [9.17, 15) is 4.79 Å². The van der Waals surface area contributed by atoms with Gasteiger partial charge in [0, 0.05) is 11.8 Å². The molecule has 0 aliphatic rings. The van der Waals surface area contributed by atoms with Gasteiger partial charge in [0.1, 0.15) is 13.4 Å². The highest BCUT2D eigenvalue weighted by Gasteiger charge is 2.18. The van der Waals surface area contributed by atoms with Crippen molar-refractivity contribution in [3.05, 3.63) is 36.7 Å². The number of benzene rings is 1. The number of aromatic nitrogens is 2. The van der Waals surface area contributed by atoms with Gasteiger partial charge < -0.3 is 4.74 Å². The Bertz CT molecular complexity index is 582. The summed E-state index contributed by atoms with van der Waals surface area (Å²) < 4.78 is 6.48. The maximum Gasteiger partial charge on any atom is 0.435 e. The molecular weight excluding hydrogens is 239 g/mol. The highest BCUT2D eigenvalue weighted by Crippen LogP contribution is 2.17. The zero-order valence-corrected chi connectivity index (χ0v) is 11.7. The molecular formula is C14H17BN2O2. The van der Waals surface area contributed by atoms with Gasteiger partial charge in [-0.05, 0) is 26.3 Å². The van der Waals surface area contributed by atoms with Crippen molar-refractivity contribution in [1.29, 1.82) is 0 Å². The molecule has 0 saturated heterocycles. The molecule has 0 bridgehead atoms. The first-order valence-corrected chi connectivity index (χ1v) is 6.20. The summed E-state index contributed by atoms with van der Waals surface area (Å²) in [6, 6.07) is 8.07. The van der Waals surface area contributed by atoms with E-state index in [1.54, 1.807) is 12.4 Å². The Labute approximate surface area is 113 Å². The lowest BCUT2D eigenvalue weighted by molar-refractivity contribution is 0.0514. The third-order valence-electron chi connectivity index (χ3n) is 2.55. The van der Waals surface area contributed by atoms with Crippen LogP contribution in [0.25, 0.3) is 11.1 Å². The molecule has 0 aliphatic heterocycles. The van der Waals surface area contributed by atoms with E-state index in [1.807, 2.05) is 52.9 Å². The Morgan fingerprint density at radius 2 is 1.84 bits per heavy atom. The van der Waals surface area contributed by atoms with Gasteiger partial charge >= 0.3 is 6.09 Å². The number of ether oxygens (including phenoxy) is 1. The van der Waals surface area contributed by atoms with Crippen LogP contribution in [0.5, 0.6) is 0 Å². The first-order chi connectivity index (χ1) is 8.85. The summed E-state index contributed by atoms with van der Waals surface area (Å²) in [6.07, 6.45) is 2.87. The Balaban J connectivity index is 2.19. The lowest BCUT2D eigenvalue weighted by atomic mass is 9.94. The first kappa shape index (κ1) is 13.4. The molecule has 98 valence electrons. The summed E-state index contributed by atoms with van der Waals surface area (Å²) in [5, 5.41) is 4.04. The standard InChI is InChI=1S/C14H17BN2O2/c1-14(2,3)19-13(18)17-9-11(8-16-17)10-4-6-12(15)7-5-10/h4-9H,15H2,1-3H3. The van der Waals surface area contributed by atoms with E-state index in [4.69, 9.17) is 4.74 Å². The topological polar surface area (TPSA) is 44.1 Å². The average Bonchev–Trinajstić information content (AvgIpc) is 2.77. The van der Waals surface area contributed by atoms with Crippen LogP contribution in [0, 0.1) is 0 Å². The number of carbonyl (C=O) groups is 1. The van der Waals surface area contributed by atoms with Crippen LogP contribution in [0.15, 0.2) is 36.7 Å². The van der Waals surface area contributed by atoms with Crippen molar-refractivity contribution in [1.82, 2.24) is 9.78 Å². The van der Waals surface area contributed by atoms with Crippen molar-refractivity contribution in [2.75, 3.05) is 0 Å². The minimum Gasteiger partial charge on any atom is -0.442 e. The van der Waals surface area contributed by atoms with Crippen molar-refractivity contribution in [2.45, 2.75) is 26.4 Å². The molecule has 1 aromatic heterocycles. The molecule has 0 N–H and O–H groups in total. The van der Waals surface area contributed by atoms with Gasteiger partial charge in [-0.15, -0.1) is 0 Å². The number of nitrogens with zero attached hydrogens (tertiary/aromatic N) is 2. The van der Waals surface area contributed by atoms with E-state index < -0.39 is 11.7 Å². The normalized spacial score (nSPS) is 11.3. The summed E-state index contributed by atoms with van der Waals surface area (Å²) in [4.78, 5) is 11.8. The lowest BCUT2D eigenvalue weighted by Crippen LogP contribution is -2.27. The molecule has 19 heavy (non-hydrogen) atoms. The van der Waals surface area contributed by atoms with Crippen molar-refractivity contribution in [2.24, 2.45) is 0 Å². The van der Waals surface area contributed by atoms with E-state index in [1.165, 1.54) is 10.1 Å². The summed E-state index contributed by atoms with van der Waals surface area (Å²) in [7, 11) is 2.04. The average molecular weight is 256 g/mol. The predicted octanol–water partition coefficient (Wildman–Crippen LogP) is 1.59. The molecule has 5 heteroatoms. The fraction of sp³-hybridized carbons (Fsp3) is 0.286. The van der Waals surface area contributed by atoms with Gasteiger partial charge in [0.25, 0.3) is 0 Å². The van der Waals surface area contributed by atoms with Crippen molar-refractivity contribution < 1.29 is 9.53 Å². The lowest BCUT2D eigenvalue weighted by Gasteiger charge is -2.18. The molecule has 0 atom stereocenters. The van der Waals surface area contributed by atoms with Crippen LogP contribution in [-0.4, -0.2) is 29.3 Å². The van der Waals surface area contributed by atoms with Gasteiger partial charge in [-0.25, -0.2) is 4.79 Å². The van der Waals surface area contributed by atoms with Crippen molar-refractivity contribution in [3.8, 4) is 11.1 Å². The van der Waals surface area contributed by atoms with E-state index in [2.05, 4.69) is 5.10 Å². The quantitative estimate of drug-likeness (QED) is 0.728. The fourth-order valence-electron chi connectivity index (χ4n) is 1.63. The Hall–Kier alpha value is -2.04. The van der Waals surface area contributed by atoms with Crippen molar-refractivity contribution in [3.63, 3.8) is 0 Å². The third kappa shape index (κ3) is 3.47. The second kappa shape index (κ2) is 4.92. The number of hydrogen-bond donors (Lipinski definition) is 0. The smallest absolute Gasteiger partial charge is 0.435 e. The monoisotopic (exact) mass is 256 g/mol. The van der Waals surface area contributed by atoms with Gasteiger partial charge in [-0.1, -0.05) is 29.7 Å². The van der Waals surface area contributed by atoms with Gasteiger partial charge in [0.2, 0.25) is 0 Å². The maximum atomic E-state index is 11.8. The Kier molecular flexibility index (Phi) is 3.47. The zero-order chi connectivity index (χ0) is 14.0. The Morgan fingerprint density at radius 1 is 1.21 bits per heavy atom. The van der Waals surface area contributed by atoms with E-state index in [0.717, 1.165) is 11.1 Å². The second-order valence-electron chi connectivity index (χ2n) is 5.52. The van der Waals surface area contributed by atoms with Crippen LogP contribution in [0.1, 0.15) is 20.8 Å². The first-order valence-electron chi connectivity index (χ1n) is 6.20. The van der Waals surface area contributed by atoms with E-state index >= 15 is 0 Å². The minimum absolute atomic E-state index is 0.467. The van der Waals surface area contributed by atoms with Crippen molar-refractivity contribution >= 4 is 19.4 Å². The van der Waals surface area contributed by atoms with Crippen LogP contribution in [0.3, 0.4) is 0 Å². The number of carbonyl (C=O) groups excluding carboxylic acids is 1. The van der Waals surface area contributed by atoms with Crippen LogP contribution < -0.4 is 5.46 Å². The summed E-state index contributed by atoms with van der Waals surface area (Å²) in [5.74, 6) is 0. The second-order valence-corrected chi connectivity index (χ2v) is 5.52. The molecule has 0 fully saturated rings. The van der Waals surface area contributed by atoms with E-state index in [-0.39, 0.29) is 0 Å². The van der Waals surface area contributed by atoms with Crippen LogP contribution in [0.2, 0.25) is 0 Å². The van der Waals surface area contributed by atoms with Crippen LogP contribution >= 0.6 is 0 Å². The molecule has 2 rings (SSSR count). The molecule has 0 spiro atoms. The highest BCUT2D eigenvalue weighted by molar-refractivity contribution is 6.32. The fourth-order valence-corrected chi connectivity index (χ4v) is 1.63. The van der Waals surface area contributed by atoms with Gasteiger partial charge in [0.05, 0.1) is 6.20 Å². The Morgan fingerprint density at radius 3 is 2.42 bits per heavy atom. The molecule has 0 radical (unpaired) electrons. The molecule has 0 unspecified atom stereocenters. The highest BCUT2D eigenvalue weighted by atomic mass is 16.6. The SMILES string of the molecule is Bc1ccc(-c2cnn(C(=O)OC(C)(C)C)c2)cc1.